The fraction of sp³-hybridized carbons (Fsp3) is 0.611. The van der Waals surface area contributed by atoms with Crippen LogP contribution in [0.25, 0.3) is 0 Å². The Morgan fingerprint density at radius 2 is 1.83 bits per heavy atom. The number of ether oxygens (including phenoxy) is 2. The molecule has 5 heteroatoms. The second-order valence-electron chi connectivity index (χ2n) is 6.86. The van der Waals surface area contributed by atoms with Crippen molar-refractivity contribution in [1.29, 1.82) is 0 Å². The molecule has 4 nitrogen and oxygen atoms in total. The topological polar surface area (TPSA) is 47.6 Å². The molecule has 0 radical (unpaired) electrons. The molecule has 23 heavy (non-hydrogen) atoms. The number of carbonyl (C=O) groups is 1. The molecule has 1 rings (SSSR count). The minimum atomic E-state index is -0.520. The van der Waals surface area contributed by atoms with Crippen LogP contribution in [0.4, 0.5) is 4.79 Å². The summed E-state index contributed by atoms with van der Waals surface area (Å²) in [6.07, 6.45) is 0.416. The Kier molecular flexibility index (Phi) is 7.55. The van der Waals surface area contributed by atoms with Gasteiger partial charge in [-0.2, -0.15) is 0 Å². The Morgan fingerprint density at radius 1 is 1.22 bits per heavy atom. The number of rotatable bonds is 7. The van der Waals surface area contributed by atoms with Crippen molar-refractivity contribution in [3.63, 3.8) is 0 Å². The average molecular weight is 386 g/mol. The standard InChI is InChI=1S/C18H28BrNO3/c1-6-15(14-10-8-7-9-11-14)22-18(5,12-19)13-20-16(21)23-17(2,3)4/h7-11,15H,6,12-13H2,1-5H3,(H,20,21). The van der Waals surface area contributed by atoms with E-state index in [9.17, 15) is 4.79 Å². The van der Waals surface area contributed by atoms with Gasteiger partial charge >= 0.3 is 6.09 Å². The first-order chi connectivity index (χ1) is 10.7. The van der Waals surface area contributed by atoms with E-state index in [1.807, 2.05) is 45.9 Å². The summed E-state index contributed by atoms with van der Waals surface area (Å²) in [6.45, 7) is 9.97. The Balaban J connectivity index is 2.67. The van der Waals surface area contributed by atoms with Gasteiger partial charge in [-0.05, 0) is 39.7 Å². The fourth-order valence-corrected chi connectivity index (χ4v) is 2.42. The molecule has 0 spiro atoms. The summed E-state index contributed by atoms with van der Waals surface area (Å²) in [5, 5.41) is 3.41. The first-order valence-electron chi connectivity index (χ1n) is 7.94. The molecule has 1 amide bonds. The summed E-state index contributed by atoms with van der Waals surface area (Å²) in [5.41, 5.74) is 0.110. The molecule has 1 aromatic rings. The van der Waals surface area contributed by atoms with Crippen molar-refractivity contribution in [2.24, 2.45) is 0 Å². The van der Waals surface area contributed by atoms with Crippen LogP contribution in [0.1, 0.15) is 52.7 Å². The number of amides is 1. The fourth-order valence-electron chi connectivity index (χ4n) is 2.09. The second kappa shape index (κ2) is 8.69. The van der Waals surface area contributed by atoms with E-state index in [-0.39, 0.29) is 6.10 Å². The minimum Gasteiger partial charge on any atom is -0.444 e. The van der Waals surface area contributed by atoms with Gasteiger partial charge in [-0.3, -0.25) is 0 Å². The lowest BCUT2D eigenvalue weighted by atomic mass is 10.0. The molecule has 0 aliphatic rings. The molecule has 0 aromatic heterocycles. The van der Waals surface area contributed by atoms with Crippen molar-refractivity contribution < 1.29 is 14.3 Å². The molecule has 0 fully saturated rings. The predicted octanol–water partition coefficient (Wildman–Crippen LogP) is 4.83. The number of hydrogen-bond donors (Lipinski definition) is 1. The Bertz CT molecular complexity index is 487. The van der Waals surface area contributed by atoms with Gasteiger partial charge in [0.15, 0.2) is 0 Å². The largest absolute Gasteiger partial charge is 0.444 e. The summed E-state index contributed by atoms with van der Waals surface area (Å²) in [4.78, 5) is 11.8. The number of halogens is 1. The number of carbonyl (C=O) groups excluding carboxylic acids is 1. The summed E-state index contributed by atoms with van der Waals surface area (Å²) < 4.78 is 11.6. The Morgan fingerprint density at radius 3 is 2.30 bits per heavy atom. The zero-order valence-electron chi connectivity index (χ0n) is 14.7. The maximum absolute atomic E-state index is 11.8. The van der Waals surface area contributed by atoms with Crippen molar-refractivity contribution in [3.8, 4) is 0 Å². The van der Waals surface area contributed by atoms with E-state index in [0.29, 0.717) is 11.9 Å². The maximum atomic E-state index is 11.8. The molecule has 2 atom stereocenters. The van der Waals surface area contributed by atoms with E-state index in [4.69, 9.17) is 9.47 Å². The smallest absolute Gasteiger partial charge is 0.407 e. The normalized spacial score (nSPS) is 15.6. The van der Waals surface area contributed by atoms with Crippen molar-refractivity contribution in [2.45, 2.75) is 58.3 Å². The van der Waals surface area contributed by atoms with Gasteiger partial charge < -0.3 is 14.8 Å². The predicted molar refractivity (Wildman–Crippen MR) is 97.0 cm³/mol. The first-order valence-corrected chi connectivity index (χ1v) is 9.07. The van der Waals surface area contributed by atoms with E-state index >= 15 is 0 Å². The molecule has 0 bridgehead atoms. The van der Waals surface area contributed by atoms with Crippen LogP contribution < -0.4 is 5.32 Å². The van der Waals surface area contributed by atoms with Crippen LogP contribution in [-0.2, 0) is 9.47 Å². The Labute approximate surface area is 148 Å². The van der Waals surface area contributed by atoms with Crippen LogP contribution in [0, 0.1) is 0 Å². The number of hydrogen-bond acceptors (Lipinski definition) is 3. The van der Waals surface area contributed by atoms with Crippen LogP contribution in [0.3, 0.4) is 0 Å². The van der Waals surface area contributed by atoms with Gasteiger partial charge in [0.25, 0.3) is 0 Å². The third kappa shape index (κ3) is 7.36. The van der Waals surface area contributed by atoms with E-state index in [1.165, 1.54) is 0 Å². The van der Waals surface area contributed by atoms with E-state index in [2.05, 4.69) is 40.3 Å². The molecule has 0 aliphatic heterocycles. The SMILES string of the molecule is CCC(OC(C)(CBr)CNC(=O)OC(C)(C)C)c1ccccc1. The molecule has 130 valence electrons. The number of alkyl halides is 1. The molecule has 2 unspecified atom stereocenters. The van der Waals surface area contributed by atoms with Crippen LogP contribution >= 0.6 is 15.9 Å². The Hall–Kier alpha value is -1.07. The van der Waals surface area contributed by atoms with Crippen molar-refractivity contribution in [2.75, 3.05) is 11.9 Å². The highest BCUT2D eigenvalue weighted by Crippen LogP contribution is 2.28. The monoisotopic (exact) mass is 385 g/mol. The van der Waals surface area contributed by atoms with Gasteiger partial charge in [-0.25, -0.2) is 4.79 Å². The highest BCUT2D eigenvalue weighted by molar-refractivity contribution is 9.09. The summed E-state index contributed by atoms with van der Waals surface area (Å²) in [6, 6.07) is 10.1. The lowest BCUT2D eigenvalue weighted by Crippen LogP contribution is -2.46. The zero-order chi connectivity index (χ0) is 17.5. The summed E-state index contributed by atoms with van der Waals surface area (Å²) >= 11 is 3.50. The first kappa shape index (κ1) is 20.0. The number of nitrogens with one attached hydrogen (secondary N) is 1. The van der Waals surface area contributed by atoms with Gasteiger partial charge in [0.1, 0.15) is 5.60 Å². The number of alkyl carbamates (subject to hydrolysis) is 1. The zero-order valence-corrected chi connectivity index (χ0v) is 16.3. The third-order valence-electron chi connectivity index (χ3n) is 3.26. The van der Waals surface area contributed by atoms with E-state index in [0.717, 1.165) is 12.0 Å². The lowest BCUT2D eigenvalue weighted by molar-refractivity contribution is -0.0699. The molecular weight excluding hydrogens is 358 g/mol. The van der Waals surface area contributed by atoms with Crippen molar-refractivity contribution >= 4 is 22.0 Å². The summed E-state index contributed by atoms with van der Waals surface area (Å²) in [7, 11) is 0. The van der Waals surface area contributed by atoms with E-state index < -0.39 is 17.3 Å². The van der Waals surface area contributed by atoms with Gasteiger partial charge in [0, 0.05) is 5.33 Å². The highest BCUT2D eigenvalue weighted by Gasteiger charge is 2.29. The van der Waals surface area contributed by atoms with Crippen LogP contribution in [0.15, 0.2) is 30.3 Å². The van der Waals surface area contributed by atoms with E-state index in [1.54, 1.807) is 0 Å². The molecule has 0 aliphatic carbocycles. The van der Waals surface area contributed by atoms with Crippen molar-refractivity contribution in [1.82, 2.24) is 5.32 Å². The van der Waals surface area contributed by atoms with Gasteiger partial charge in [-0.15, -0.1) is 0 Å². The quantitative estimate of drug-likeness (QED) is 0.683. The molecular formula is C18H28BrNO3. The highest BCUT2D eigenvalue weighted by atomic mass is 79.9. The molecule has 0 saturated heterocycles. The van der Waals surface area contributed by atoms with Crippen LogP contribution in [-0.4, -0.2) is 29.2 Å². The lowest BCUT2D eigenvalue weighted by Gasteiger charge is -2.33. The summed E-state index contributed by atoms with van der Waals surface area (Å²) in [5.74, 6) is 0. The van der Waals surface area contributed by atoms with Gasteiger partial charge in [0.2, 0.25) is 0 Å². The second-order valence-corrected chi connectivity index (χ2v) is 7.43. The molecule has 0 saturated carbocycles. The van der Waals surface area contributed by atoms with Crippen LogP contribution in [0.5, 0.6) is 0 Å². The van der Waals surface area contributed by atoms with Crippen LogP contribution in [0.2, 0.25) is 0 Å². The molecule has 1 aromatic carbocycles. The third-order valence-corrected chi connectivity index (χ3v) is 4.44. The molecule has 1 N–H and O–H groups in total. The van der Waals surface area contributed by atoms with Gasteiger partial charge in [-0.1, -0.05) is 53.2 Å². The molecule has 0 heterocycles. The van der Waals surface area contributed by atoms with Crippen molar-refractivity contribution in [3.05, 3.63) is 35.9 Å². The average Bonchev–Trinajstić information content (AvgIpc) is 2.50. The van der Waals surface area contributed by atoms with Gasteiger partial charge in [0.05, 0.1) is 18.2 Å². The minimum absolute atomic E-state index is 0.0146. The maximum Gasteiger partial charge on any atom is 0.407 e. The number of benzene rings is 1.